The maximum atomic E-state index is 13.0. The second-order valence-electron chi connectivity index (χ2n) is 8.82. The molecule has 0 spiro atoms. The number of sulfonamides is 1. The number of nitrogens with one attached hydrogen (secondary N) is 2. The Morgan fingerprint density at radius 1 is 0.912 bits per heavy atom. The topological polar surface area (TPSA) is 78.5 Å². The molecule has 0 heterocycles. The fraction of sp³-hybridized carbons (Fsp3) is 0.296. The van der Waals surface area contributed by atoms with Gasteiger partial charge < -0.3 is 5.32 Å². The molecule has 1 saturated carbocycles. The van der Waals surface area contributed by atoms with Gasteiger partial charge in [-0.15, -0.1) is 0 Å². The van der Waals surface area contributed by atoms with Crippen molar-refractivity contribution in [2.75, 3.05) is 17.1 Å². The largest absolute Gasteiger partial charge is 0.322 e. The Morgan fingerprint density at radius 3 is 2.38 bits per heavy atom. The average molecular weight is 478 g/mol. The van der Waals surface area contributed by atoms with Crippen molar-refractivity contribution in [2.24, 2.45) is 0 Å². The lowest BCUT2D eigenvalue weighted by Crippen LogP contribution is -2.33. The zero-order valence-electron chi connectivity index (χ0n) is 19.4. The molecule has 1 aliphatic carbocycles. The molecule has 1 fully saturated rings. The van der Waals surface area contributed by atoms with E-state index in [1.807, 2.05) is 24.3 Å². The molecule has 0 saturated heterocycles. The van der Waals surface area contributed by atoms with E-state index >= 15 is 0 Å². The molecule has 2 N–H and O–H groups in total. The Balaban J connectivity index is 1.46. The number of rotatable bonds is 8. The number of nitrogens with zero attached hydrogens (tertiary/aromatic N) is 1. The van der Waals surface area contributed by atoms with Crippen LogP contribution in [0.4, 0.5) is 11.4 Å². The predicted octanol–water partition coefficient (Wildman–Crippen LogP) is 5.50. The highest BCUT2D eigenvalue weighted by molar-refractivity contribution is 7.92. The van der Waals surface area contributed by atoms with E-state index in [4.69, 9.17) is 0 Å². The van der Waals surface area contributed by atoms with E-state index in [1.165, 1.54) is 44.2 Å². The second kappa shape index (κ2) is 10.8. The van der Waals surface area contributed by atoms with E-state index in [-0.39, 0.29) is 10.8 Å². The highest BCUT2D eigenvalue weighted by atomic mass is 32.2. The summed E-state index contributed by atoms with van der Waals surface area (Å²) in [5.74, 6) is -0.284. The van der Waals surface area contributed by atoms with Crippen molar-refractivity contribution in [1.29, 1.82) is 0 Å². The van der Waals surface area contributed by atoms with Gasteiger partial charge in [-0.05, 0) is 61.9 Å². The first-order chi connectivity index (χ1) is 16.4. The van der Waals surface area contributed by atoms with Gasteiger partial charge in [0.1, 0.15) is 0 Å². The van der Waals surface area contributed by atoms with Crippen LogP contribution in [0.2, 0.25) is 0 Å². The van der Waals surface area contributed by atoms with Crippen LogP contribution in [0.15, 0.2) is 83.8 Å². The van der Waals surface area contributed by atoms with Crippen molar-refractivity contribution >= 4 is 27.3 Å². The number of para-hydroxylation sites is 1. The number of carbonyl (C=O) groups is 1. The second-order valence-corrected chi connectivity index (χ2v) is 10.5. The molecule has 34 heavy (non-hydrogen) atoms. The van der Waals surface area contributed by atoms with Gasteiger partial charge in [0.2, 0.25) is 0 Å². The number of carbonyl (C=O) groups excluding carboxylic acids is 1. The van der Waals surface area contributed by atoms with Crippen molar-refractivity contribution in [3.8, 4) is 0 Å². The van der Waals surface area contributed by atoms with Gasteiger partial charge in [0.15, 0.2) is 0 Å². The van der Waals surface area contributed by atoms with Crippen LogP contribution in [-0.2, 0) is 16.6 Å². The van der Waals surface area contributed by atoms with Crippen LogP contribution in [0.25, 0.3) is 0 Å². The minimum Gasteiger partial charge on any atom is -0.322 e. The first-order valence-electron chi connectivity index (χ1n) is 11.7. The van der Waals surface area contributed by atoms with Crippen molar-refractivity contribution in [3.05, 3.63) is 90.0 Å². The maximum absolute atomic E-state index is 13.0. The van der Waals surface area contributed by atoms with Gasteiger partial charge in [-0.3, -0.25) is 14.4 Å². The van der Waals surface area contributed by atoms with Gasteiger partial charge in [-0.1, -0.05) is 61.7 Å². The molecule has 1 aliphatic rings. The molecule has 7 heteroatoms. The van der Waals surface area contributed by atoms with Gasteiger partial charge in [0.25, 0.3) is 15.9 Å². The number of hydrogen-bond acceptors (Lipinski definition) is 4. The SMILES string of the molecule is CN(Cc1ccccc1NC(=O)c1cccc(NS(=O)(=O)c2ccccc2)c1)C1CCCCC1. The maximum Gasteiger partial charge on any atom is 0.261 e. The van der Waals surface area contributed by atoms with Gasteiger partial charge >= 0.3 is 0 Å². The van der Waals surface area contributed by atoms with Gasteiger partial charge in [-0.25, -0.2) is 8.42 Å². The standard InChI is InChI=1S/C27H31N3O3S/c1-30(24-14-4-2-5-15-24)20-22-11-8-9-18-26(22)28-27(31)21-12-10-13-23(19-21)29-34(32,33)25-16-6-3-7-17-25/h3,6-13,16-19,24,29H,2,4-5,14-15,20H2,1H3,(H,28,31). The summed E-state index contributed by atoms with van der Waals surface area (Å²) in [7, 11) is -1.58. The monoisotopic (exact) mass is 477 g/mol. The van der Waals surface area contributed by atoms with E-state index in [0.717, 1.165) is 17.8 Å². The number of anilines is 2. The smallest absolute Gasteiger partial charge is 0.261 e. The molecule has 0 radical (unpaired) electrons. The zero-order valence-corrected chi connectivity index (χ0v) is 20.2. The minimum absolute atomic E-state index is 0.167. The summed E-state index contributed by atoms with van der Waals surface area (Å²) in [4.78, 5) is 15.6. The third-order valence-corrected chi connectivity index (χ3v) is 7.71. The number of amides is 1. The molecule has 3 aromatic rings. The Labute approximate surface area is 202 Å². The summed E-state index contributed by atoms with van der Waals surface area (Å²) in [6, 6.07) is 23.1. The number of benzene rings is 3. The van der Waals surface area contributed by atoms with Gasteiger partial charge in [-0.2, -0.15) is 0 Å². The summed E-state index contributed by atoms with van der Waals surface area (Å²) in [5, 5.41) is 3.01. The Morgan fingerprint density at radius 2 is 1.62 bits per heavy atom. The molecule has 3 aromatic carbocycles. The van der Waals surface area contributed by atoms with E-state index in [9.17, 15) is 13.2 Å². The molecule has 178 valence electrons. The summed E-state index contributed by atoms with van der Waals surface area (Å²) in [6.45, 7) is 0.762. The van der Waals surface area contributed by atoms with Crippen molar-refractivity contribution in [3.63, 3.8) is 0 Å². The van der Waals surface area contributed by atoms with E-state index in [2.05, 4.69) is 22.0 Å². The summed E-state index contributed by atoms with van der Waals surface area (Å²) < 4.78 is 27.8. The Bertz CT molecular complexity index is 1220. The molecule has 0 aliphatic heterocycles. The molecule has 0 aromatic heterocycles. The van der Waals surface area contributed by atoms with Crippen molar-refractivity contribution in [2.45, 2.75) is 49.6 Å². The van der Waals surface area contributed by atoms with Crippen LogP contribution in [0.5, 0.6) is 0 Å². The lowest BCUT2D eigenvalue weighted by Gasteiger charge is -2.31. The average Bonchev–Trinajstić information content (AvgIpc) is 2.86. The van der Waals surface area contributed by atoms with Crippen molar-refractivity contribution in [1.82, 2.24) is 4.90 Å². The summed E-state index contributed by atoms with van der Waals surface area (Å²) in [6.07, 6.45) is 6.31. The third-order valence-electron chi connectivity index (χ3n) is 6.31. The zero-order chi connectivity index (χ0) is 24.0. The van der Waals surface area contributed by atoms with Crippen LogP contribution in [0.1, 0.15) is 48.0 Å². The molecule has 1 amide bonds. The molecule has 0 unspecified atom stereocenters. The van der Waals surface area contributed by atoms with Gasteiger partial charge in [0.05, 0.1) is 4.90 Å². The lowest BCUT2D eigenvalue weighted by atomic mass is 9.94. The molecule has 6 nitrogen and oxygen atoms in total. The van der Waals surface area contributed by atoms with E-state index < -0.39 is 10.0 Å². The third kappa shape index (κ3) is 6.04. The molecule has 0 atom stereocenters. The number of hydrogen-bond donors (Lipinski definition) is 2. The van der Waals surface area contributed by atoms with Crippen LogP contribution in [-0.4, -0.2) is 32.3 Å². The molecule has 4 rings (SSSR count). The molecule has 0 bridgehead atoms. The fourth-order valence-electron chi connectivity index (χ4n) is 4.43. The van der Waals surface area contributed by atoms with Crippen LogP contribution >= 0.6 is 0 Å². The fourth-order valence-corrected chi connectivity index (χ4v) is 5.50. The highest BCUT2D eigenvalue weighted by Crippen LogP contribution is 2.25. The normalized spacial score (nSPS) is 14.6. The van der Waals surface area contributed by atoms with Crippen LogP contribution < -0.4 is 10.0 Å². The van der Waals surface area contributed by atoms with Crippen LogP contribution in [0, 0.1) is 0 Å². The lowest BCUT2D eigenvalue weighted by molar-refractivity contribution is 0.102. The Hall–Kier alpha value is -3.16. The summed E-state index contributed by atoms with van der Waals surface area (Å²) in [5.41, 5.74) is 2.54. The predicted molar refractivity (Wildman–Crippen MR) is 136 cm³/mol. The highest BCUT2D eigenvalue weighted by Gasteiger charge is 2.20. The van der Waals surface area contributed by atoms with E-state index in [1.54, 1.807) is 42.5 Å². The molecular formula is C27H31N3O3S. The van der Waals surface area contributed by atoms with Gasteiger partial charge in [0, 0.05) is 29.5 Å². The first-order valence-corrected chi connectivity index (χ1v) is 13.2. The van der Waals surface area contributed by atoms with Crippen LogP contribution in [0.3, 0.4) is 0 Å². The Kier molecular flexibility index (Phi) is 7.65. The quantitative estimate of drug-likeness (QED) is 0.449. The first kappa shape index (κ1) is 24.0. The van der Waals surface area contributed by atoms with E-state index in [0.29, 0.717) is 17.3 Å². The summed E-state index contributed by atoms with van der Waals surface area (Å²) >= 11 is 0. The minimum atomic E-state index is -3.73. The molecular weight excluding hydrogens is 446 g/mol. The van der Waals surface area contributed by atoms with Crippen molar-refractivity contribution < 1.29 is 13.2 Å².